The molecule has 0 atom stereocenters. The zero-order valence-corrected chi connectivity index (χ0v) is 16.0. The second kappa shape index (κ2) is 7.63. The van der Waals surface area contributed by atoms with E-state index in [0.29, 0.717) is 35.0 Å². The molecule has 0 amide bonds. The number of para-hydroxylation sites is 1. The van der Waals surface area contributed by atoms with E-state index in [-0.39, 0.29) is 5.69 Å². The zero-order chi connectivity index (χ0) is 20.4. The molecule has 7 heteroatoms. The molecule has 7 nitrogen and oxygen atoms in total. The summed E-state index contributed by atoms with van der Waals surface area (Å²) in [5, 5.41) is 11.0. The summed E-state index contributed by atoms with van der Waals surface area (Å²) >= 11 is 0. The van der Waals surface area contributed by atoms with E-state index in [1.165, 1.54) is 12.1 Å². The molecule has 0 fully saturated rings. The first kappa shape index (κ1) is 18.5. The van der Waals surface area contributed by atoms with Crippen molar-refractivity contribution in [2.45, 2.75) is 13.5 Å². The lowest BCUT2D eigenvalue weighted by Crippen LogP contribution is -2.00. The van der Waals surface area contributed by atoms with Gasteiger partial charge >= 0.3 is 0 Å². The molecule has 4 rings (SSSR count). The van der Waals surface area contributed by atoms with Crippen molar-refractivity contribution >= 4 is 16.7 Å². The van der Waals surface area contributed by atoms with Crippen molar-refractivity contribution < 1.29 is 14.4 Å². The monoisotopic (exact) mass is 389 g/mol. The van der Waals surface area contributed by atoms with E-state index in [0.717, 1.165) is 16.7 Å². The lowest BCUT2D eigenvalue weighted by atomic mass is 10.1. The SMILES string of the molecule is COc1cccc(-c2nc3ccc([N+](=O)[O-])cc3[nH]2)c1OCc1cccc(C)c1. The number of imidazole rings is 1. The van der Waals surface area contributed by atoms with Gasteiger partial charge in [-0.3, -0.25) is 10.1 Å². The number of nitrogens with zero attached hydrogens (tertiary/aromatic N) is 2. The van der Waals surface area contributed by atoms with Crippen molar-refractivity contribution in [2.24, 2.45) is 0 Å². The Labute approximate surface area is 167 Å². The van der Waals surface area contributed by atoms with Gasteiger partial charge in [-0.15, -0.1) is 0 Å². The van der Waals surface area contributed by atoms with Crippen molar-refractivity contribution in [3.05, 3.63) is 81.9 Å². The number of non-ortho nitro benzene ring substituents is 1. The first-order valence-corrected chi connectivity index (χ1v) is 9.05. The number of hydrogen-bond acceptors (Lipinski definition) is 5. The van der Waals surface area contributed by atoms with Gasteiger partial charge in [-0.25, -0.2) is 4.98 Å². The fourth-order valence-electron chi connectivity index (χ4n) is 3.21. The number of H-pyrrole nitrogens is 1. The van der Waals surface area contributed by atoms with Crippen LogP contribution in [0.4, 0.5) is 5.69 Å². The number of benzene rings is 3. The lowest BCUT2D eigenvalue weighted by molar-refractivity contribution is -0.384. The zero-order valence-electron chi connectivity index (χ0n) is 16.0. The highest BCUT2D eigenvalue weighted by Gasteiger charge is 2.17. The number of aromatic amines is 1. The molecule has 0 spiro atoms. The van der Waals surface area contributed by atoms with E-state index in [1.807, 2.05) is 43.3 Å². The molecule has 1 heterocycles. The van der Waals surface area contributed by atoms with E-state index < -0.39 is 4.92 Å². The van der Waals surface area contributed by atoms with Gasteiger partial charge in [-0.1, -0.05) is 35.9 Å². The van der Waals surface area contributed by atoms with Gasteiger partial charge in [0.05, 0.1) is 28.6 Å². The summed E-state index contributed by atoms with van der Waals surface area (Å²) in [5.74, 6) is 1.70. The summed E-state index contributed by atoms with van der Waals surface area (Å²) in [6, 6.07) is 18.2. The number of methoxy groups -OCH3 is 1. The van der Waals surface area contributed by atoms with Gasteiger partial charge < -0.3 is 14.5 Å². The van der Waals surface area contributed by atoms with Gasteiger partial charge in [0.2, 0.25) is 0 Å². The Bertz CT molecular complexity index is 1200. The largest absolute Gasteiger partial charge is 0.493 e. The standard InChI is InChI=1S/C22H19N3O4/c1-14-5-3-6-15(11-14)13-29-21-17(7-4-8-20(21)28-2)22-23-18-10-9-16(25(26)27)12-19(18)24-22/h3-12H,13H2,1-2H3,(H,23,24). The normalized spacial score (nSPS) is 10.8. The molecule has 4 aromatic rings. The van der Waals surface area contributed by atoms with Crippen LogP contribution >= 0.6 is 0 Å². The summed E-state index contributed by atoms with van der Waals surface area (Å²) in [5.41, 5.74) is 4.15. The second-order valence-corrected chi connectivity index (χ2v) is 6.66. The number of fused-ring (bicyclic) bond motifs is 1. The number of hydrogen-bond donors (Lipinski definition) is 1. The fourth-order valence-corrected chi connectivity index (χ4v) is 3.21. The van der Waals surface area contributed by atoms with Crippen LogP contribution in [0.25, 0.3) is 22.4 Å². The molecule has 0 unspecified atom stereocenters. The second-order valence-electron chi connectivity index (χ2n) is 6.66. The predicted molar refractivity (Wildman–Crippen MR) is 110 cm³/mol. The van der Waals surface area contributed by atoms with Crippen LogP contribution in [-0.4, -0.2) is 22.0 Å². The van der Waals surface area contributed by atoms with Gasteiger partial charge in [0.25, 0.3) is 5.69 Å². The van der Waals surface area contributed by atoms with Crippen molar-refractivity contribution in [3.8, 4) is 22.9 Å². The number of nitro benzene ring substituents is 1. The Kier molecular flexibility index (Phi) is 4.87. The molecular formula is C22H19N3O4. The summed E-state index contributed by atoms with van der Waals surface area (Å²) in [7, 11) is 1.58. The highest BCUT2D eigenvalue weighted by atomic mass is 16.6. The third-order valence-electron chi connectivity index (χ3n) is 4.60. The van der Waals surface area contributed by atoms with E-state index in [9.17, 15) is 10.1 Å². The maximum absolute atomic E-state index is 11.0. The average Bonchev–Trinajstić information content (AvgIpc) is 3.15. The van der Waals surface area contributed by atoms with Crippen LogP contribution in [0.3, 0.4) is 0 Å². The Balaban J connectivity index is 1.73. The molecule has 1 aromatic heterocycles. The molecular weight excluding hydrogens is 370 g/mol. The molecule has 0 aliphatic carbocycles. The highest BCUT2D eigenvalue weighted by molar-refractivity contribution is 5.83. The minimum Gasteiger partial charge on any atom is -0.493 e. The fraction of sp³-hybridized carbons (Fsp3) is 0.136. The first-order chi connectivity index (χ1) is 14.0. The Morgan fingerprint density at radius 2 is 1.93 bits per heavy atom. The molecule has 0 bridgehead atoms. The van der Waals surface area contributed by atoms with Crippen molar-refractivity contribution in [2.75, 3.05) is 7.11 Å². The van der Waals surface area contributed by atoms with E-state index in [4.69, 9.17) is 9.47 Å². The van der Waals surface area contributed by atoms with Crippen molar-refractivity contribution in [1.82, 2.24) is 9.97 Å². The number of nitrogens with one attached hydrogen (secondary N) is 1. The van der Waals surface area contributed by atoms with Crippen LogP contribution in [0.5, 0.6) is 11.5 Å². The molecule has 0 radical (unpaired) electrons. The average molecular weight is 389 g/mol. The van der Waals surface area contributed by atoms with Crippen LogP contribution in [0.1, 0.15) is 11.1 Å². The third kappa shape index (κ3) is 3.75. The first-order valence-electron chi connectivity index (χ1n) is 9.05. The van der Waals surface area contributed by atoms with Gasteiger partial charge in [0.15, 0.2) is 11.5 Å². The quantitative estimate of drug-likeness (QED) is 0.369. The predicted octanol–water partition coefficient (Wildman–Crippen LogP) is 5.03. The minimum atomic E-state index is -0.429. The lowest BCUT2D eigenvalue weighted by Gasteiger charge is -2.14. The summed E-state index contributed by atoms with van der Waals surface area (Å²) in [6.07, 6.45) is 0. The third-order valence-corrected chi connectivity index (χ3v) is 4.60. The molecule has 0 saturated heterocycles. The Morgan fingerprint density at radius 1 is 1.10 bits per heavy atom. The molecule has 0 saturated carbocycles. The molecule has 0 aliphatic rings. The molecule has 0 aliphatic heterocycles. The van der Waals surface area contributed by atoms with E-state index in [2.05, 4.69) is 16.0 Å². The van der Waals surface area contributed by atoms with Crippen LogP contribution < -0.4 is 9.47 Å². The van der Waals surface area contributed by atoms with Crippen molar-refractivity contribution in [1.29, 1.82) is 0 Å². The Hall–Kier alpha value is -3.87. The molecule has 1 N–H and O–H groups in total. The smallest absolute Gasteiger partial charge is 0.271 e. The summed E-state index contributed by atoms with van der Waals surface area (Å²) < 4.78 is 11.6. The minimum absolute atomic E-state index is 0.00858. The van der Waals surface area contributed by atoms with Gasteiger partial charge in [-0.2, -0.15) is 0 Å². The number of nitro groups is 1. The topological polar surface area (TPSA) is 90.3 Å². The number of ether oxygens (including phenoxy) is 2. The van der Waals surface area contributed by atoms with Crippen LogP contribution in [0.15, 0.2) is 60.7 Å². The van der Waals surface area contributed by atoms with Crippen LogP contribution in [0.2, 0.25) is 0 Å². The van der Waals surface area contributed by atoms with Gasteiger partial charge in [0.1, 0.15) is 12.4 Å². The van der Waals surface area contributed by atoms with Crippen LogP contribution in [0, 0.1) is 17.0 Å². The summed E-state index contributed by atoms with van der Waals surface area (Å²) in [4.78, 5) is 18.3. The van der Waals surface area contributed by atoms with Crippen LogP contribution in [-0.2, 0) is 6.61 Å². The maximum Gasteiger partial charge on any atom is 0.271 e. The van der Waals surface area contributed by atoms with Crippen molar-refractivity contribution in [3.63, 3.8) is 0 Å². The van der Waals surface area contributed by atoms with Gasteiger partial charge in [0, 0.05) is 12.1 Å². The number of aromatic nitrogens is 2. The van der Waals surface area contributed by atoms with E-state index >= 15 is 0 Å². The molecule has 146 valence electrons. The summed E-state index contributed by atoms with van der Waals surface area (Å²) in [6.45, 7) is 2.41. The highest BCUT2D eigenvalue weighted by Crippen LogP contribution is 2.38. The van der Waals surface area contributed by atoms with Gasteiger partial charge in [-0.05, 0) is 30.7 Å². The molecule has 3 aromatic carbocycles. The Morgan fingerprint density at radius 3 is 2.69 bits per heavy atom. The number of rotatable bonds is 6. The number of aryl methyl sites for hydroxylation is 1. The maximum atomic E-state index is 11.0. The molecule has 29 heavy (non-hydrogen) atoms. The van der Waals surface area contributed by atoms with E-state index in [1.54, 1.807) is 13.2 Å².